The number of hydrogen-bond donors (Lipinski definition) is 0. The van der Waals surface area contributed by atoms with Gasteiger partial charge in [0.1, 0.15) is 12.4 Å². The van der Waals surface area contributed by atoms with Crippen LogP contribution < -0.4 is 0 Å². The van der Waals surface area contributed by atoms with Crippen molar-refractivity contribution in [1.29, 1.82) is 0 Å². The van der Waals surface area contributed by atoms with Crippen LogP contribution in [0.25, 0.3) is 0 Å². The molecule has 0 amide bonds. The summed E-state index contributed by atoms with van der Waals surface area (Å²) in [6.45, 7) is 7.20. The second-order valence-electron chi connectivity index (χ2n) is 7.96. The van der Waals surface area contributed by atoms with Crippen LogP contribution in [0.15, 0.2) is 30.4 Å². The Balaban J connectivity index is 1.42. The molecule has 136 valence electrons. The number of allylic oxidation sites excluding steroid dienone is 1. The number of aromatic nitrogens is 2. The lowest BCUT2D eigenvalue weighted by molar-refractivity contribution is 0.00257. The molecule has 0 bridgehead atoms. The second-order valence-corrected chi connectivity index (χ2v) is 7.96. The summed E-state index contributed by atoms with van der Waals surface area (Å²) >= 11 is 0. The Labute approximate surface area is 148 Å². The van der Waals surface area contributed by atoms with Crippen molar-refractivity contribution in [3.8, 4) is 0 Å². The van der Waals surface area contributed by atoms with Gasteiger partial charge in [-0.1, -0.05) is 11.6 Å². The third kappa shape index (κ3) is 3.13. The summed E-state index contributed by atoms with van der Waals surface area (Å²) in [6, 6.07) is 0. The Morgan fingerprint density at radius 1 is 1.48 bits per heavy atom. The van der Waals surface area contributed by atoms with Crippen LogP contribution in [0.4, 0.5) is 4.79 Å². The first-order chi connectivity index (χ1) is 11.9. The second kappa shape index (κ2) is 5.95. The number of ether oxygens (including phenoxy) is 3. The highest BCUT2D eigenvalue weighted by molar-refractivity contribution is 5.70. The topological polar surface area (TPSA) is 69.2 Å². The highest BCUT2D eigenvalue weighted by Crippen LogP contribution is 2.59. The molecule has 0 unspecified atom stereocenters. The number of rotatable bonds is 4. The molecule has 0 N–H and O–H groups in total. The average Bonchev–Trinajstić information content (AvgIpc) is 3.40. The summed E-state index contributed by atoms with van der Waals surface area (Å²) in [5.41, 5.74) is 1.07. The lowest BCUT2D eigenvalue weighted by atomic mass is 9.70. The van der Waals surface area contributed by atoms with Crippen molar-refractivity contribution in [3.05, 3.63) is 30.4 Å². The third-order valence-corrected chi connectivity index (χ3v) is 5.93. The van der Waals surface area contributed by atoms with Crippen LogP contribution in [0.2, 0.25) is 0 Å². The zero-order valence-electron chi connectivity index (χ0n) is 15.1. The van der Waals surface area contributed by atoms with E-state index in [4.69, 9.17) is 14.2 Å². The smallest absolute Gasteiger partial charge is 0.419 e. The minimum absolute atomic E-state index is 0.0631. The van der Waals surface area contributed by atoms with E-state index in [1.807, 2.05) is 0 Å². The van der Waals surface area contributed by atoms with Crippen molar-refractivity contribution in [1.82, 2.24) is 9.55 Å². The fourth-order valence-electron chi connectivity index (χ4n) is 4.25. The predicted octanol–water partition coefficient (Wildman–Crippen LogP) is 3.32. The number of nitrogens with zero attached hydrogens (tertiary/aromatic N) is 2. The van der Waals surface area contributed by atoms with Crippen LogP contribution >= 0.6 is 0 Å². The summed E-state index contributed by atoms with van der Waals surface area (Å²) in [4.78, 5) is 16.1. The van der Waals surface area contributed by atoms with Crippen LogP contribution in [0, 0.1) is 5.92 Å². The van der Waals surface area contributed by atoms with Gasteiger partial charge in [0.05, 0.1) is 23.9 Å². The van der Waals surface area contributed by atoms with Crippen LogP contribution in [0.5, 0.6) is 0 Å². The fraction of sp³-hybridized carbons (Fsp3) is 0.684. The van der Waals surface area contributed by atoms with Crippen molar-refractivity contribution in [3.63, 3.8) is 0 Å². The van der Waals surface area contributed by atoms with E-state index in [0.29, 0.717) is 0 Å². The Morgan fingerprint density at radius 3 is 2.92 bits per heavy atom. The van der Waals surface area contributed by atoms with E-state index >= 15 is 0 Å². The van der Waals surface area contributed by atoms with Gasteiger partial charge >= 0.3 is 6.09 Å². The van der Waals surface area contributed by atoms with Gasteiger partial charge in [-0.05, 0) is 46.5 Å². The molecule has 1 aromatic rings. The van der Waals surface area contributed by atoms with Crippen LogP contribution in [-0.4, -0.2) is 45.7 Å². The molecule has 5 atom stereocenters. The summed E-state index contributed by atoms with van der Waals surface area (Å²) in [6.07, 6.45) is 10.1. The Kier molecular flexibility index (Phi) is 4.00. The molecule has 6 nitrogen and oxygen atoms in total. The SMILES string of the molecule is CC(C)=CC[C@H]1O[C@]1(C)[C@H]1C[C@H](OC(=O)n2ccnc2)CC[C@]12CO2. The maximum atomic E-state index is 12.2. The molecule has 1 saturated carbocycles. The van der Waals surface area contributed by atoms with Crippen molar-refractivity contribution in [2.75, 3.05) is 6.61 Å². The minimum atomic E-state index is -0.364. The van der Waals surface area contributed by atoms with E-state index in [0.717, 1.165) is 32.3 Å². The third-order valence-electron chi connectivity index (χ3n) is 5.93. The standard InChI is InChI=1S/C19H26N2O4/c1-13(2)4-5-16-18(3,25-16)15-10-14(6-7-19(15)11-23-19)24-17(22)21-9-8-20-12-21/h4,8-9,12,14-16H,5-7,10-11H2,1-3H3/t14-,15-,16-,18-,19+/m1/s1. The first-order valence-electron chi connectivity index (χ1n) is 9.07. The number of epoxide rings is 2. The summed E-state index contributed by atoms with van der Waals surface area (Å²) in [5.74, 6) is 0.268. The van der Waals surface area contributed by atoms with Crippen LogP contribution in [-0.2, 0) is 14.2 Å². The lowest BCUT2D eigenvalue weighted by Crippen LogP contribution is -2.44. The molecule has 0 radical (unpaired) electrons. The van der Waals surface area contributed by atoms with Gasteiger partial charge in [0.25, 0.3) is 0 Å². The van der Waals surface area contributed by atoms with Gasteiger partial charge in [0.15, 0.2) is 0 Å². The highest BCUT2D eigenvalue weighted by atomic mass is 16.6. The molecule has 1 aromatic heterocycles. The molecular formula is C19H26N2O4. The monoisotopic (exact) mass is 346 g/mol. The lowest BCUT2D eigenvalue weighted by Gasteiger charge is -2.36. The average molecular weight is 346 g/mol. The van der Waals surface area contributed by atoms with Gasteiger partial charge in [0.2, 0.25) is 0 Å². The van der Waals surface area contributed by atoms with Crippen molar-refractivity contribution < 1.29 is 19.0 Å². The maximum Gasteiger partial charge on any atom is 0.419 e. The first-order valence-corrected chi connectivity index (χ1v) is 9.07. The zero-order chi connectivity index (χ0) is 17.7. The molecule has 2 aliphatic heterocycles. The van der Waals surface area contributed by atoms with Gasteiger partial charge < -0.3 is 14.2 Å². The van der Waals surface area contributed by atoms with Gasteiger partial charge in [-0.25, -0.2) is 14.3 Å². The fourth-order valence-corrected chi connectivity index (χ4v) is 4.25. The summed E-state index contributed by atoms with van der Waals surface area (Å²) < 4.78 is 19.1. The van der Waals surface area contributed by atoms with Gasteiger partial charge in [-0.3, -0.25) is 0 Å². The van der Waals surface area contributed by atoms with Crippen LogP contribution in [0.1, 0.15) is 46.5 Å². The molecule has 3 fully saturated rings. The minimum Gasteiger partial charge on any atom is -0.446 e. The molecule has 1 aliphatic carbocycles. The quantitative estimate of drug-likeness (QED) is 0.618. The van der Waals surface area contributed by atoms with E-state index in [9.17, 15) is 4.79 Å². The number of hydrogen-bond acceptors (Lipinski definition) is 5. The molecule has 3 heterocycles. The Hall–Kier alpha value is -1.66. The molecule has 3 aliphatic rings. The molecule has 0 aromatic carbocycles. The molecule has 25 heavy (non-hydrogen) atoms. The predicted molar refractivity (Wildman–Crippen MR) is 91.2 cm³/mol. The normalized spacial score (nSPS) is 39.1. The number of carbonyl (C=O) groups excluding carboxylic acids is 1. The molecule has 1 spiro atoms. The molecule has 2 saturated heterocycles. The van der Waals surface area contributed by atoms with Gasteiger partial charge in [-0.15, -0.1) is 0 Å². The van der Waals surface area contributed by atoms with Gasteiger partial charge in [0, 0.05) is 18.3 Å². The van der Waals surface area contributed by atoms with Crippen molar-refractivity contribution >= 4 is 6.09 Å². The zero-order valence-corrected chi connectivity index (χ0v) is 15.1. The Bertz CT molecular complexity index is 676. The van der Waals surface area contributed by atoms with E-state index in [-0.39, 0.29) is 35.4 Å². The number of imidazole rings is 1. The van der Waals surface area contributed by atoms with Crippen molar-refractivity contribution in [2.24, 2.45) is 5.92 Å². The molecular weight excluding hydrogens is 320 g/mol. The van der Waals surface area contributed by atoms with Crippen LogP contribution in [0.3, 0.4) is 0 Å². The van der Waals surface area contributed by atoms with Gasteiger partial charge in [-0.2, -0.15) is 0 Å². The van der Waals surface area contributed by atoms with E-state index in [1.165, 1.54) is 16.5 Å². The summed E-state index contributed by atoms with van der Waals surface area (Å²) in [7, 11) is 0. The molecule has 6 heteroatoms. The maximum absolute atomic E-state index is 12.2. The highest BCUT2D eigenvalue weighted by Gasteiger charge is 2.68. The Morgan fingerprint density at radius 2 is 2.28 bits per heavy atom. The first kappa shape index (κ1) is 16.8. The summed E-state index contributed by atoms with van der Waals surface area (Å²) in [5, 5.41) is 0. The van der Waals surface area contributed by atoms with E-state index in [1.54, 1.807) is 12.4 Å². The largest absolute Gasteiger partial charge is 0.446 e. The van der Waals surface area contributed by atoms with E-state index < -0.39 is 0 Å². The van der Waals surface area contributed by atoms with E-state index in [2.05, 4.69) is 31.8 Å². The number of carbonyl (C=O) groups is 1. The van der Waals surface area contributed by atoms with Crippen molar-refractivity contribution in [2.45, 2.75) is 69.9 Å². The molecule has 4 rings (SSSR count).